The zero-order chi connectivity index (χ0) is 13.7. The van der Waals surface area contributed by atoms with Gasteiger partial charge in [0.1, 0.15) is 17.3 Å². The molecule has 0 aliphatic rings. The van der Waals surface area contributed by atoms with Crippen molar-refractivity contribution in [1.82, 2.24) is 9.55 Å². The molecular formula is C13H13N3O2S. The van der Waals surface area contributed by atoms with E-state index in [1.165, 1.54) is 23.2 Å². The van der Waals surface area contributed by atoms with Gasteiger partial charge >= 0.3 is 0 Å². The molecule has 0 aliphatic carbocycles. The molecule has 2 aromatic rings. The molecule has 2 N–H and O–H groups in total. The van der Waals surface area contributed by atoms with E-state index in [1.54, 1.807) is 6.07 Å². The topological polar surface area (TPSA) is 70.1 Å². The third-order valence-electron chi connectivity index (χ3n) is 2.51. The van der Waals surface area contributed by atoms with Crippen LogP contribution in [0, 0.1) is 0 Å². The molecule has 5 nitrogen and oxygen atoms in total. The minimum absolute atomic E-state index is 0.101. The molecule has 1 aromatic carbocycles. The minimum atomic E-state index is -0.101. The maximum atomic E-state index is 11.4. The van der Waals surface area contributed by atoms with Gasteiger partial charge in [0, 0.05) is 17.8 Å². The Kier molecular flexibility index (Phi) is 4.25. The molecule has 98 valence electrons. The van der Waals surface area contributed by atoms with Gasteiger partial charge in [-0.05, 0) is 12.1 Å². The molecule has 0 unspecified atom stereocenters. The second kappa shape index (κ2) is 6.10. The van der Waals surface area contributed by atoms with Gasteiger partial charge in [-0.25, -0.2) is 4.98 Å². The van der Waals surface area contributed by atoms with Crippen LogP contribution >= 0.6 is 12.2 Å². The van der Waals surface area contributed by atoms with Crippen LogP contribution in [0.15, 0.2) is 47.7 Å². The van der Waals surface area contributed by atoms with Crippen molar-refractivity contribution in [3.8, 4) is 5.75 Å². The first kappa shape index (κ1) is 13.2. The van der Waals surface area contributed by atoms with Crippen molar-refractivity contribution < 1.29 is 4.74 Å². The van der Waals surface area contributed by atoms with E-state index in [-0.39, 0.29) is 5.56 Å². The highest BCUT2D eigenvalue weighted by Gasteiger charge is 2.00. The van der Waals surface area contributed by atoms with E-state index in [1.807, 2.05) is 18.2 Å². The number of rotatable bonds is 5. The highest BCUT2D eigenvalue weighted by Crippen LogP contribution is 2.13. The molecule has 0 amide bonds. The number of nitrogens with two attached hydrogens (primary N) is 1. The summed E-state index contributed by atoms with van der Waals surface area (Å²) in [7, 11) is 0. The summed E-state index contributed by atoms with van der Waals surface area (Å²) in [5.74, 6) is 0.669. The molecule has 2 rings (SSSR count). The number of nitrogens with zero attached hydrogens (tertiary/aromatic N) is 2. The summed E-state index contributed by atoms with van der Waals surface area (Å²) in [4.78, 5) is 15.6. The molecule has 0 atom stereocenters. The second-order valence-corrected chi connectivity index (χ2v) is 4.29. The Hall–Kier alpha value is -2.21. The van der Waals surface area contributed by atoms with Crippen LogP contribution in [0.25, 0.3) is 0 Å². The fraction of sp³-hybridized carbons (Fsp3) is 0.154. The first-order valence-corrected chi connectivity index (χ1v) is 6.11. The van der Waals surface area contributed by atoms with E-state index in [9.17, 15) is 4.79 Å². The average molecular weight is 275 g/mol. The van der Waals surface area contributed by atoms with Crippen LogP contribution < -0.4 is 16.0 Å². The van der Waals surface area contributed by atoms with Gasteiger partial charge in [-0.2, -0.15) is 0 Å². The summed E-state index contributed by atoms with van der Waals surface area (Å²) in [6.45, 7) is 0.802. The van der Waals surface area contributed by atoms with Crippen molar-refractivity contribution >= 4 is 17.2 Å². The largest absolute Gasteiger partial charge is 0.492 e. The van der Waals surface area contributed by atoms with Crippen molar-refractivity contribution in [2.75, 3.05) is 6.61 Å². The number of hydrogen-bond donors (Lipinski definition) is 1. The van der Waals surface area contributed by atoms with Crippen molar-refractivity contribution in [2.45, 2.75) is 6.54 Å². The lowest BCUT2D eigenvalue weighted by atomic mass is 10.2. The fourth-order valence-corrected chi connectivity index (χ4v) is 1.67. The Morgan fingerprint density at radius 2 is 2.26 bits per heavy atom. The van der Waals surface area contributed by atoms with E-state index in [0.717, 1.165) is 5.56 Å². The van der Waals surface area contributed by atoms with Crippen molar-refractivity contribution in [1.29, 1.82) is 0 Å². The minimum Gasteiger partial charge on any atom is -0.492 e. The highest BCUT2D eigenvalue weighted by molar-refractivity contribution is 7.80. The first-order valence-electron chi connectivity index (χ1n) is 5.70. The molecule has 19 heavy (non-hydrogen) atoms. The molecule has 6 heteroatoms. The number of benzene rings is 1. The van der Waals surface area contributed by atoms with Crippen molar-refractivity contribution in [3.63, 3.8) is 0 Å². The smallest absolute Gasteiger partial charge is 0.253 e. The fourth-order valence-electron chi connectivity index (χ4n) is 1.55. The Labute approximate surface area is 115 Å². The van der Waals surface area contributed by atoms with E-state index in [4.69, 9.17) is 22.7 Å². The van der Waals surface area contributed by atoms with Crippen LogP contribution in [0.4, 0.5) is 0 Å². The van der Waals surface area contributed by atoms with Gasteiger partial charge in [0.15, 0.2) is 0 Å². The third kappa shape index (κ3) is 3.62. The maximum Gasteiger partial charge on any atom is 0.253 e. The standard InChI is InChI=1S/C13H13N3O2S/c14-13(19)10-2-1-3-11(8-10)18-7-6-16-9-15-5-4-12(16)17/h1-5,8-9H,6-7H2,(H2,14,19). The monoisotopic (exact) mass is 275 g/mol. The van der Waals surface area contributed by atoms with Gasteiger partial charge in [-0.15, -0.1) is 0 Å². The summed E-state index contributed by atoms with van der Waals surface area (Å²) >= 11 is 4.90. The second-order valence-electron chi connectivity index (χ2n) is 3.85. The van der Waals surface area contributed by atoms with E-state index in [2.05, 4.69) is 4.98 Å². The Balaban J connectivity index is 1.96. The molecule has 1 aromatic heterocycles. The summed E-state index contributed by atoms with van der Waals surface area (Å²) in [6.07, 6.45) is 2.95. The quantitative estimate of drug-likeness (QED) is 0.823. The summed E-state index contributed by atoms with van der Waals surface area (Å²) in [5, 5.41) is 0. The maximum absolute atomic E-state index is 11.4. The van der Waals surface area contributed by atoms with Gasteiger partial charge in [0.25, 0.3) is 5.56 Å². The van der Waals surface area contributed by atoms with Gasteiger partial charge < -0.3 is 10.5 Å². The van der Waals surface area contributed by atoms with E-state index in [0.29, 0.717) is 23.9 Å². The molecule has 0 radical (unpaired) electrons. The van der Waals surface area contributed by atoms with Crippen LogP contribution in [0.1, 0.15) is 5.56 Å². The first-order chi connectivity index (χ1) is 9.16. The van der Waals surface area contributed by atoms with Crippen LogP contribution in [0.2, 0.25) is 0 Å². The lowest BCUT2D eigenvalue weighted by Gasteiger charge is -2.08. The van der Waals surface area contributed by atoms with Gasteiger partial charge in [0.2, 0.25) is 0 Å². The van der Waals surface area contributed by atoms with Gasteiger partial charge in [-0.1, -0.05) is 24.4 Å². The Morgan fingerprint density at radius 1 is 1.42 bits per heavy atom. The van der Waals surface area contributed by atoms with Crippen LogP contribution in [-0.2, 0) is 6.54 Å². The molecule has 0 fully saturated rings. The zero-order valence-electron chi connectivity index (χ0n) is 10.2. The number of ether oxygens (including phenoxy) is 1. The predicted molar refractivity (Wildman–Crippen MR) is 76.3 cm³/mol. The van der Waals surface area contributed by atoms with Crippen LogP contribution in [-0.4, -0.2) is 21.1 Å². The van der Waals surface area contributed by atoms with Crippen molar-refractivity contribution in [2.24, 2.45) is 5.73 Å². The summed E-state index contributed by atoms with van der Waals surface area (Å²) in [6, 6.07) is 8.64. The molecule has 0 saturated carbocycles. The lowest BCUT2D eigenvalue weighted by molar-refractivity contribution is 0.295. The number of aromatic nitrogens is 2. The predicted octanol–water partition coefficient (Wildman–Crippen LogP) is 0.956. The number of thiocarbonyl (C=S) groups is 1. The normalized spacial score (nSPS) is 10.1. The average Bonchev–Trinajstić information content (AvgIpc) is 2.41. The molecule has 0 aliphatic heterocycles. The molecule has 1 heterocycles. The number of hydrogen-bond acceptors (Lipinski definition) is 4. The van der Waals surface area contributed by atoms with Crippen molar-refractivity contribution in [3.05, 3.63) is 58.8 Å². The Bertz CT molecular complexity index is 640. The Morgan fingerprint density at radius 3 is 3.00 bits per heavy atom. The highest BCUT2D eigenvalue weighted by atomic mass is 32.1. The summed E-state index contributed by atoms with van der Waals surface area (Å²) < 4.78 is 7.04. The van der Waals surface area contributed by atoms with E-state index < -0.39 is 0 Å². The third-order valence-corrected chi connectivity index (χ3v) is 2.75. The zero-order valence-corrected chi connectivity index (χ0v) is 11.0. The van der Waals surface area contributed by atoms with E-state index >= 15 is 0 Å². The summed E-state index contributed by atoms with van der Waals surface area (Å²) in [5.41, 5.74) is 6.20. The van der Waals surface area contributed by atoms with Crippen LogP contribution in [0.3, 0.4) is 0 Å². The molecular weight excluding hydrogens is 262 g/mol. The SMILES string of the molecule is NC(=S)c1cccc(OCCn2cnccc2=O)c1. The van der Waals surface area contributed by atoms with Crippen LogP contribution in [0.5, 0.6) is 5.75 Å². The molecule has 0 bridgehead atoms. The van der Waals surface area contributed by atoms with Gasteiger partial charge in [-0.3, -0.25) is 9.36 Å². The lowest BCUT2D eigenvalue weighted by Crippen LogP contribution is -2.22. The van der Waals surface area contributed by atoms with Gasteiger partial charge in [0.05, 0.1) is 12.9 Å². The molecule has 0 saturated heterocycles. The molecule has 0 spiro atoms.